The molecule has 2 aromatic rings. The number of aryl methyl sites for hydroxylation is 4. The van der Waals surface area contributed by atoms with Gasteiger partial charge in [0.1, 0.15) is 0 Å². The predicted molar refractivity (Wildman–Crippen MR) is 206 cm³/mol. The minimum absolute atomic E-state index is 0. The molecule has 0 bridgehead atoms. The van der Waals surface area contributed by atoms with E-state index in [9.17, 15) is 0 Å². The normalized spacial score (nSPS) is 27.6. The number of benzene rings is 2. The summed E-state index contributed by atoms with van der Waals surface area (Å²) in [6.45, 7) is 36.7. The van der Waals surface area contributed by atoms with Crippen LogP contribution in [0.15, 0.2) is 24.3 Å². The van der Waals surface area contributed by atoms with Crippen molar-refractivity contribution >= 4 is 49.3 Å². The van der Waals surface area contributed by atoms with Gasteiger partial charge in [-0.2, -0.15) is 0 Å². The topological polar surface area (TPSA) is 0 Å². The Kier molecular flexibility index (Phi) is 12.7. The number of halogens is 2. The molecule has 1 saturated heterocycles. The van der Waals surface area contributed by atoms with Crippen molar-refractivity contribution < 1.29 is 20.8 Å². The third kappa shape index (κ3) is 7.29. The Hall–Kier alpha value is 0.771. The van der Waals surface area contributed by atoms with Gasteiger partial charge in [0.2, 0.25) is 0 Å². The summed E-state index contributed by atoms with van der Waals surface area (Å²) in [6, 6.07) is 13.7. The van der Waals surface area contributed by atoms with Gasteiger partial charge >= 0.3 is 37.9 Å². The van der Waals surface area contributed by atoms with Gasteiger partial charge < -0.3 is 14.9 Å². The van der Waals surface area contributed by atoms with Crippen LogP contribution in [0.4, 0.5) is 0 Å². The van der Waals surface area contributed by atoms with E-state index in [1.165, 1.54) is 34.3 Å². The average molecular weight is 769 g/mol. The molecule has 7 heteroatoms. The first-order valence-corrected chi connectivity index (χ1v) is 35.9. The number of hydrogen-bond acceptors (Lipinski definition) is 0. The quantitative estimate of drug-likeness (QED) is 0.215. The molecule has 0 nitrogen and oxygen atoms in total. The van der Waals surface area contributed by atoms with Crippen molar-refractivity contribution in [3.8, 4) is 0 Å². The second-order valence-electron chi connectivity index (χ2n) is 17.6. The van der Waals surface area contributed by atoms with Gasteiger partial charge in [-0.25, -0.2) is 0 Å². The van der Waals surface area contributed by atoms with Crippen LogP contribution in [0.2, 0.25) is 88.6 Å². The molecule has 1 heterocycles. The summed E-state index contributed by atoms with van der Waals surface area (Å²) >= 11 is -0.826. The van der Waals surface area contributed by atoms with Crippen molar-refractivity contribution in [1.82, 2.24) is 0 Å². The predicted octanol–water partition coefficient (Wildman–Crippen LogP) is 13.2. The van der Waals surface area contributed by atoms with Crippen molar-refractivity contribution in [2.75, 3.05) is 0 Å². The fourth-order valence-electron chi connectivity index (χ4n) is 9.97. The van der Waals surface area contributed by atoms with Crippen LogP contribution in [0.5, 0.6) is 0 Å². The third-order valence-corrected chi connectivity index (χ3v) is 24.9. The third-order valence-electron chi connectivity index (χ3n) is 11.4. The zero-order valence-corrected chi connectivity index (χ0v) is 38.4. The molecule has 2 aliphatic carbocycles. The van der Waals surface area contributed by atoms with Crippen LogP contribution in [0, 0.1) is 42.5 Å². The fourth-order valence-corrected chi connectivity index (χ4v) is 29.2. The van der Waals surface area contributed by atoms with Crippen molar-refractivity contribution in [2.24, 2.45) is 0 Å². The zero-order valence-electron chi connectivity index (χ0n) is 30.4. The average Bonchev–Trinajstić information content (AvgIpc) is 3.27. The fraction of sp³-hybridized carbons (Fsp3) is 0.611. The van der Waals surface area contributed by atoms with Crippen LogP contribution >= 0.6 is 17.0 Å². The van der Waals surface area contributed by atoms with Gasteiger partial charge in [-0.05, 0) is 106 Å². The Morgan fingerprint density at radius 3 is 1.02 bits per heavy atom. The first kappa shape index (κ1) is 39.9. The summed E-state index contributed by atoms with van der Waals surface area (Å²) in [4.78, 5) is 0. The van der Waals surface area contributed by atoms with E-state index < -0.39 is 53.1 Å². The summed E-state index contributed by atoms with van der Waals surface area (Å²) in [7, 11) is 4.06. The minimum atomic E-state index is -1.67. The molecule has 0 saturated carbocycles. The molecule has 6 atom stereocenters. The molecule has 43 heavy (non-hydrogen) atoms. The van der Waals surface area contributed by atoms with E-state index in [-0.39, 0.29) is 14.9 Å². The van der Waals surface area contributed by atoms with Crippen molar-refractivity contribution in [3.05, 3.63) is 83.6 Å². The Morgan fingerprint density at radius 2 is 0.791 bits per heavy atom. The van der Waals surface area contributed by atoms with Gasteiger partial charge in [-0.1, -0.05) is 102 Å². The number of fused-ring (bicyclic) bond motifs is 6. The molecule has 0 N–H and O–H groups in total. The Labute approximate surface area is 290 Å². The standard InChI is InChI=1S/C34H56Si4.2CH3.2ClH.Zr/c1-21-15-25-27(17-23(21)3)31-33(29(25)19-35(5,6)7)38(13,14)32-28-18-24(4)22(2)16-26(28)30(20-36(8,9)10)34(32)37(31,11)12;;;;;/h15-18,29-34H,19-20H2,1-14H3;2*1H3;2*1H;/q;2*-1;;;+4/p-2. The van der Waals surface area contributed by atoms with Gasteiger partial charge in [-0.3, -0.25) is 0 Å². The van der Waals surface area contributed by atoms with E-state index in [1.54, 1.807) is 11.1 Å². The van der Waals surface area contributed by atoms with Gasteiger partial charge in [0.05, 0.1) is 16.1 Å². The molecular weight excluding hydrogens is 707 g/mol. The van der Waals surface area contributed by atoms with E-state index in [2.05, 4.69) is 117 Å². The van der Waals surface area contributed by atoms with E-state index in [0.29, 0.717) is 0 Å². The van der Waals surface area contributed by atoms with E-state index in [4.69, 9.17) is 17.0 Å². The molecule has 1 fully saturated rings. The first-order chi connectivity index (χ1) is 18.7. The van der Waals surface area contributed by atoms with Gasteiger partial charge in [0.15, 0.2) is 0 Å². The second kappa shape index (κ2) is 13.7. The Balaban J connectivity index is 0.00000124. The molecule has 0 radical (unpaired) electrons. The number of rotatable bonds is 4. The molecule has 0 amide bonds. The second-order valence-corrected chi connectivity index (χ2v) is 42.2. The van der Waals surface area contributed by atoms with E-state index >= 15 is 0 Å². The maximum atomic E-state index is 4.93. The molecule has 2 aromatic carbocycles. The van der Waals surface area contributed by atoms with Crippen molar-refractivity contribution in [1.29, 1.82) is 0 Å². The molecular formula is C36H62Cl2Si4Zr. The van der Waals surface area contributed by atoms with Gasteiger partial charge in [0, 0.05) is 16.1 Å². The van der Waals surface area contributed by atoms with Gasteiger partial charge in [-0.15, -0.1) is 0 Å². The van der Waals surface area contributed by atoms with Crippen LogP contribution in [-0.4, -0.2) is 32.3 Å². The van der Waals surface area contributed by atoms with Crippen LogP contribution < -0.4 is 0 Å². The summed E-state index contributed by atoms with van der Waals surface area (Å²) in [5.41, 5.74) is 16.9. The van der Waals surface area contributed by atoms with Gasteiger partial charge in [0.25, 0.3) is 0 Å². The van der Waals surface area contributed by atoms with Crippen LogP contribution in [0.25, 0.3) is 0 Å². The summed E-state index contributed by atoms with van der Waals surface area (Å²) in [6.07, 6.45) is 0. The van der Waals surface area contributed by atoms with Crippen LogP contribution in [0.1, 0.15) is 67.4 Å². The van der Waals surface area contributed by atoms with Crippen molar-refractivity contribution in [2.45, 2.75) is 139 Å². The van der Waals surface area contributed by atoms with Crippen molar-refractivity contribution in [3.63, 3.8) is 0 Å². The van der Waals surface area contributed by atoms with E-state index in [0.717, 1.165) is 34.0 Å². The van der Waals surface area contributed by atoms with E-state index in [1.807, 2.05) is 11.1 Å². The SMILES string of the molecule is Cc1cc2c(cc1C)C1C(C2C[Si](C)(C)C)[Si](C)(C)C2c3cc(C)c(C)cc3C(C[Si](C)(C)C)C2[Si]1(C)C.[CH3-].[CH3-].[Cl][Zr+2][Cl]. The summed E-state index contributed by atoms with van der Waals surface area (Å²) in [5, 5.41) is 0. The molecule has 6 unspecified atom stereocenters. The summed E-state index contributed by atoms with van der Waals surface area (Å²) < 4.78 is 0. The summed E-state index contributed by atoms with van der Waals surface area (Å²) in [5.74, 6) is 1.59. The zero-order chi connectivity index (χ0) is 31.0. The molecule has 1 aliphatic heterocycles. The molecule has 3 aliphatic rings. The van der Waals surface area contributed by atoms with Crippen LogP contribution in [0.3, 0.4) is 0 Å². The van der Waals surface area contributed by atoms with Crippen LogP contribution in [-0.2, 0) is 20.8 Å². The maximum absolute atomic E-state index is 4.93. The molecule has 240 valence electrons. The molecule has 0 aromatic heterocycles. The monoisotopic (exact) mass is 766 g/mol. The number of hydrogen-bond donors (Lipinski definition) is 0. The Morgan fingerprint density at radius 1 is 0.558 bits per heavy atom. The Bertz CT molecular complexity index is 1210. The first-order valence-electron chi connectivity index (χ1n) is 15.9. The molecule has 5 rings (SSSR count). The molecule has 0 spiro atoms.